The van der Waals surface area contributed by atoms with Gasteiger partial charge in [0.2, 0.25) is 0 Å². The van der Waals surface area contributed by atoms with E-state index in [0.29, 0.717) is 12.1 Å². The van der Waals surface area contributed by atoms with E-state index in [1.165, 1.54) is 12.8 Å². The largest absolute Gasteiger partial charge is 0.337 e. The number of nitrogens with zero attached hydrogens (tertiary/aromatic N) is 3. The summed E-state index contributed by atoms with van der Waals surface area (Å²) >= 11 is 0. The van der Waals surface area contributed by atoms with Crippen LogP contribution < -0.4 is 4.90 Å². The van der Waals surface area contributed by atoms with E-state index in [2.05, 4.69) is 11.8 Å². The molecule has 0 aromatic heterocycles. The summed E-state index contributed by atoms with van der Waals surface area (Å²) in [7, 11) is 0. The summed E-state index contributed by atoms with van der Waals surface area (Å²) in [5.74, 6) is 0.130. The van der Waals surface area contributed by atoms with E-state index in [4.69, 9.17) is 0 Å². The van der Waals surface area contributed by atoms with Gasteiger partial charge in [-0.2, -0.15) is 0 Å². The lowest BCUT2D eigenvalue weighted by atomic mass is 9.97. The molecule has 2 aliphatic rings. The number of rotatable bonds is 7. The fraction of sp³-hybridized carbons (Fsp3) is 0.440. The first-order valence-corrected chi connectivity index (χ1v) is 11.2. The average Bonchev–Trinajstić information content (AvgIpc) is 3.31. The van der Waals surface area contributed by atoms with E-state index < -0.39 is 0 Å². The maximum Gasteiger partial charge on any atom is 0.258 e. The van der Waals surface area contributed by atoms with Crippen LogP contribution in [0.25, 0.3) is 0 Å². The molecule has 5 heteroatoms. The summed E-state index contributed by atoms with van der Waals surface area (Å²) < 4.78 is 0. The summed E-state index contributed by atoms with van der Waals surface area (Å²) in [6, 6.07) is 15.3. The van der Waals surface area contributed by atoms with Crippen LogP contribution in [-0.4, -0.2) is 60.9 Å². The molecule has 2 heterocycles. The lowest BCUT2D eigenvalue weighted by molar-refractivity contribution is 0.0724. The van der Waals surface area contributed by atoms with Gasteiger partial charge < -0.3 is 14.7 Å². The first kappa shape index (κ1) is 20.6. The zero-order valence-electron chi connectivity index (χ0n) is 17.8. The van der Waals surface area contributed by atoms with Crippen molar-refractivity contribution in [3.05, 3.63) is 65.2 Å². The van der Waals surface area contributed by atoms with Gasteiger partial charge in [0.15, 0.2) is 0 Å². The topological polar surface area (TPSA) is 43.9 Å². The van der Waals surface area contributed by atoms with Gasteiger partial charge in [0.1, 0.15) is 0 Å². The number of anilines is 1. The van der Waals surface area contributed by atoms with Crippen LogP contribution >= 0.6 is 0 Å². The Kier molecular flexibility index (Phi) is 6.48. The van der Waals surface area contributed by atoms with Crippen molar-refractivity contribution < 1.29 is 9.59 Å². The van der Waals surface area contributed by atoms with Crippen LogP contribution in [-0.2, 0) is 6.42 Å². The Morgan fingerprint density at radius 2 is 1.77 bits per heavy atom. The van der Waals surface area contributed by atoms with E-state index in [-0.39, 0.29) is 11.8 Å². The molecule has 30 heavy (non-hydrogen) atoms. The van der Waals surface area contributed by atoms with Gasteiger partial charge in [0, 0.05) is 43.0 Å². The van der Waals surface area contributed by atoms with Gasteiger partial charge in [-0.1, -0.05) is 25.1 Å². The maximum atomic E-state index is 13.1. The Hall–Kier alpha value is -2.66. The van der Waals surface area contributed by atoms with Crippen LogP contribution in [0.3, 0.4) is 0 Å². The van der Waals surface area contributed by atoms with Crippen molar-refractivity contribution in [1.82, 2.24) is 9.80 Å². The summed E-state index contributed by atoms with van der Waals surface area (Å²) in [4.78, 5) is 32.4. The third-order valence-corrected chi connectivity index (χ3v) is 6.17. The Morgan fingerprint density at radius 1 is 1.00 bits per heavy atom. The van der Waals surface area contributed by atoms with Crippen molar-refractivity contribution >= 4 is 17.5 Å². The zero-order valence-corrected chi connectivity index (χ0v) is 17.8. The summed E-state index contributed by atoms with van der Waals surface area (Å²) in [6.45, 7) is 7.57. The molecular weight excluding hydrogens is 374 g/mol. The number of amides is 2. The van der Waals surface area contributed by atoms with Crippen LogP contribution in [0.2, 0.25) is 0 Å². The SMILES string of the molecule is CCCN(C(=O)c1ccccc1)c1ccc2c(c1)CCN(CCN1CCCC1)C2=O. The Bertz CT molecular complexity index is 891. The second-order valence-electron chi connectivity index (χ2n) is 8.26. The van der Waals surface area contributed by atoms with Crippen molar-refractivity contribution in [1.29, 1.82) is 0 Å². The molecule has 2 aromatic carbocycles. The van der Waals surface area contributed by atoms with Crippen LogP contribution in [0.4, 0.5) is 5.69 Å². The lowest BCUT2D eigenvalue weighted by Crippen LogP contribution is -2.42. The van der Waals surface area contributed by atoms with Crippen LogP contribution in [0, 0.1) is 0 Å². The first-order valence-electron chi connectivity index (χ1n) is 11.2. The van der Waals surface area contributed by atoms with E-state index >= 15 is 0 Å². The van der Waals surface area contributed by atoms with Gasteiger partial charge in [-0.05, 0) is 74.7 Å². The predicted octanol–water partition coefficient (Wildman–Crippen LogP) is 3.84. The van der Waals surface area contributed by atoms with Gasteiger partial charge in [-0.3, -0.25) is 9.59 Å². The monoisotopic (exact) mass is 405 g/mol. The molecular formula is C25H31N3O2. The third kappa shape index (κ3) is 4.41. The molecule has 0 atom stereocenters. The average molecular weight is 406 g/mol. The second kappa shape index (κ2) is 9.43. The molecule has 0 aliphatic carbocycles. The zero-order chi connectivity index (χ0) is 20.9. The molecule has 1 fully saturated rings. The van der Waals surface area contributed by atoms with Crippen molar-refractivity contribution in [2.24, 2.45) is 0 Å². The first-order chi connectivity index (χ1) is 14.7. The fourth-order valence-electron chi connectivity index (χ4n) is 4.48. The Labute approximate surface area is 179 Å². The van der Waals surface area contributed by atoms with E-state index in [0.717, 1.165) is 62.4 Å². The Balaban J connectivity index is 1.50. The van der Waals surface area contributed by atoms with Gasteiger partial charge in [0.05, 0.1) is 0 Å². The molecule has 158 valence electrons. The number of carbonyl (C=O) groups excluding carboxylic acids is 2. The number of fused-ring (bicyclic) bond motifs is 1. The minimum absolute atomic E-state index is 0.00627. The predicted molar refractivity (Wildman–Crippen MR) is 120 cm³/mol. The van der Waals surface area contributed by atoms with Crippen molar-refractivity contribution in [2.75, 3.05) is 44.2 Å². The normalized spacial score (nSPS) is 16.6. The summed E-state index contributed by atoms with van der Waals surface area (Å²) in [5.41, 5.74) is 3.41. The molecule has 0 unspecified atom stereocenters. The number of hydrogen-bond donors (Lipinski definition) is 0. The highest BCUT2D eigenvalue weighted by molar-refractivity contribution is 6.06. The van der Waals surface area contributed by atoms with Gasteiger partial charge in [-0.25, -0.2) is 0 Å². The molecule has 0 bridgehead atoms. The minimum Gasteiger partial charge on any atom is -0.337 e. The van der Waals surface area contributed by atoms with Gasteiger partial charge in [0.25, 0.3) is 11.8 Å². The molecule has 2 amide bonds. The molecule has 0 saturated carbocycles. The molecule has 0 spiro atoms. The van der Waals surface area contributed by atoms with E-state index in [1.54, 1.807) is 0 Å². The standard InChI is InChI=1S/C25H31N3O2/c1-2-13-28(24(29)20-8-4-3-5-9-20)22-10-11-23-21(19-22)12-16-27(25(23)30)18-17-26-14-6-7-15-26/h3-5,8-11,19H,2,6-7,12-18H2,1H3. The fourth-order valence-corrected chi connectivity index (χ4v) is 4.48. The highest BCUT2D eigenvalue weighted by atomic mass is 16.2. The molecule has 4 rings (SSSR count). The van der Waals surface area contributed by atoms with Crippen LogP contribution in [0.5, 0.6) is 0 Å². The number of hydrogen-bond acceptors (Lipinski definition) is 3. The van der Waals surface area contributed by atoms with Gasteiger partial charge in [-0.15, -0.1) is 0 Å². The summed E-state index contributed by atoms with van der Waals surface area (Å²) in [5, 5.41) is 0. The number of benzene rings is 2. The van der Waals surface area contributed by atoms with Crippen molar-refractivity contribution in [2.45, 2.75) is 32.6 Å². The number of carbonyl (C=O) groups is 2. The molecule has 5 nitrogen and oxygen atoms in total. The highest BCUT2D eigenvalue weighted by Crippen LogP contribution is 2.26. The number of likely N-dealkylation sites (tertiary alicyclic amines) is 1. The van der Waals surface area contributed by atoms with E-state index in [9.17, 15) is 9.59 Å². The van der Waals surface area contributed by atoms with Crippen LogP contribution in [0.1, 0.15) is 52.5 Å². The molecule has 0 N–H and O–H groups in total. The maximum absolute atomic E-state index is 13.1. The third-order valence-electron chi connectivity index (χ3n) is 6.17. The highest BCUT2D eigenvalue weighted by Gasteiger charge is 2.26. The molecule has 2 aliphatic heterocycles. The van der Waals surface area contributed by atoms with Gasteiger partial charge >= 0.3 is 0 Å². The summed E-state index contributed by atoms with van der Waals surface area (Å²) in [6.07, 6.45) is 4.26. The lowest BCUT2D eigenvalue weighted by Gasteiger charge is -2.31. The molecule has 2 aromatic rings. The smallest absolute Gasteiger partial charge is 0.258 e. The quantitative estimate of drug-likeness (QED) is 0.703. The minimum atomic E-state index is 0.00627. The molecule has 0 radical (unpaired) electrons. The van der Waals surface area contributed by atoms with Crippen molar-refractivity contribution in [3.8, 4) is 0 Å². The van der Waals surface area contributed by atoms with Crippen LogP contribution in [0.15, 0.2) is 48.5 Å². The van der Waals surface area contributed by atoms with Crippen molar-refractivity contribution in [3.63, 3.8) is 0 Å². The Morgan fingerprint density at radius 3 is 2.50 bits per heavy atom. The molecule has 1 saturated heterocycles. The second-order valence-corrected chi connectivity index (χ2v) is 8.26. The van der Waals surface area contributed by atoms with E-state index in [1.807, 2.05) is 58.3 Å².